The van der Waals surface area contributed by atoms with Crippen LogP contribution in [0.1, 0.15) is 32.4 Å². The van der Waals surface area contributed by atoms with Crippen molar-refractivity contribution in [3.63, 3.8) is 0 Å². The summed E-state index contributed by atoms with van der Waals surface area (Å²) in [5.74, 6) is 2.24. The van der Waals surface area contributed by atoms with E-state index in [2.05, 4.69) is 20.6 Å². The first-order valence-corrected chi connectivity index (χ1v) is 8.83. The molecule has 1 unspecified atom stereocenters. The van der Waals surface area contributed by atoms with E-state index in [4.69, 9.17) is 9.47 Å². The maximum atomic E-state index is 5.66. The molecule has 1 saturated heterocycles. The topological polar surface area (TPSA) is 68.3 Å². The molecule has 0 bridgehead atoms. The van der Waals surface area contributed by atoms with Crippen LogP contribution >= 0.6 is 0 Å². The van der Waals surface area contributed by atoms with E-state index in [1.54, 1.807) is 0 Å². The molecule has 1 fully saturated rings. The lowest BCUT2D eigenvalue weighted by atomic mass is 10.2. The SMILES string of the molecule is Cc1cc(NCC2CCCO2)nc(Nc2ccc(OC(C)C)cc2)n1. The van der Waals surface area contributed by atoms with E-state index < -0.39 is 0 Å². The Bertz CT molecular complexity index is 682. The molecule has 0 aliphatic carbocycles. The van der Waals surface area contributed by atoms with Crippen LogP contribution in [0.2, 0.25) is 0 Å². The number of ether oxygens (including phenoxy) is 2. The molecule has 1 atom stereocenters. The number of aryl methyl sites for hydroxylation is 1. The van der Waals surface area contributed by atoms with Gasteiger partial charge in [-0.1, -0.05) is 0 Å². The van der Waals surface area contributed by atoms with Crippen LogP contribution in [-0.2, 0) is 4.74 Å². The quantitative estimate of drug-likeness (QED) is 0.795. The highest BCUT2D eigenvalue weighted by Gasteiger charge is 2.15. The number of nitrogens with one attached hydrogen (secondary N) is 2. The normalized spacial score (nSPS) is 16.9. The minimum absolute atomic E-state index is 0.163. The average Bonchev–Trinajstić information content (AvgIpc) is 3.07. The molecule has 2 aromatic rings. The third-order valence-corrected chi connectivity index (χ3v) is 3.87. The highest BCUT2D eigenvalue weighted by atomic mass is 16.5. The van der Waals surface area contributed by atoms with Crippen molar-refractivity contribution in [3.05, 3.63) is 36.0 Å². The molecule has 0 saturated carbocycles. The lowest BCUT2D eigenvalue weighted by Crippen LogP contribution is -2.19. The van der Waals surface area contributed by atoms with Crippen LogP contribution in [0.25, 0.3) is 0 Å². The molecule has 0 spiro atoms. The zero-order chi connectivity index (χ0) is 17.6. The maximum Gasteiger partial charge on any atom is 0.229 e. The predicted molar refractivity (Wildman–Crippen MR) is 99.7 cm³/mol. The molecule has 1 aromatic carbocycles. The van der Waals surface area contributed by atoms with Crippen molar-refractivity contribution in [3.8, 4) is 5.75 Å². The van der Waals surface area contributed by atoms with Crippen LogP contribution in [0, 0.1) is 6.92 Å². The van der Waals surface area contributed by atoms with Gasteiger partial charge in [0.25, 0.3) is 0 Å². The highest BCUT2D eigenvalue weighted by Crippen LogP contribution is 2.20. The number of nitrogens with zero attached hydrogens (tertiary/aromatic N) is 2. The van der Waals surface area contributed by atoms with Crippen molar-refractivity contribution in [1.82, 2.24) is 9.97 Å². The zero-order valence-electron chi connectivity index (χ0n) is 15.1. The number of anilines is 3. The Morgan fingerprint density at radius 1 is 1.24 bits per heavy atom. The van der Waals surface area contributed by atoms with E-state index in [1.165, 1.54) is 0 Å². The maximum absolute atomic E-state index is 5.66. The largest absolute Gasteiger partial charge is 0.491 e. The van der Waals surface area contributed by atoms with Crippen molar-refractivity contribution >= 4 is 17.5 Å². The van der Waals surface area contributed by atoms with E-state index in [0.29, 0.717) is 5.95 Å². The van der Waals surface area contributed by atoms with Gasteiger partial charge in [-0.05, 0) is 57.9 Å². The lowest BCUT2D eigenvalue weighted by molar-refractivity contribution is 0.120. The molecule has 1 aromatic heterocycles. The number of aromatic nitrogens is 2. The van der Waals surface area contributed by atoms with E-state index >= 15 is 0 Å². The van der Waals surface area contributed by atoms with Crippen LogP contribution in [0.5, 0.6) is 5.75 Å². The number of hydrogen-bond acceptors (Lipinski definition) is 6. The van der Waals surface area contributed by atoms with E-state index in [1.807, 2.05) is 51.1 Å². The van der Waals surface area contributed by atoms with Gasteiger partial charge in [-0.25, -0.2) is 4.98 Å². The molecule has 2 heterocycles. The van der Waals surface area contributed by atoms with Crippen molar-refractivity contribution in [1.29, 1.82) is 0 Å². The number of rotatable bonds is 7. The molecule has 2 N–H and O–H groups in total. The van der Waals surface area contributed by atoms with Crippen molar-refractivity contribution < 1.29 is 9.47 Å². The van der Waals surface area contributed by atoms with Crippen molar-refractivity contribution in [2.24, 2.45) is 0 Å². The molecule has 134 valence electrons. The van der Waals surface area contributed by atoms with Crippen LogP contribution in [0.3, 0.4) is 0 Å². The molecule has 0 radical (unpaired) electrons. The van der Waals surface area contributed by atoms with Gasteiger partial charge in [-0.2, -0.15) is 4.98 Å². The Labute approximate surface area is 149 Å². The second-order valence-electron chi connectivity index (χ2n) is 6.55. The monoisotopic (exact) mass is 342 g/mol. The zero-order valence-corrected chi connectivity index (χ0v) is 15.1. The van der Waals surface area contributed by atoms with Gasteiger partial charge >= 0.3 is 0 Å². The van der Waals surface area contributed by atoms with Crippen LogP contribution in [0.4, 0.5) is 17.5 Å². The summed E-state index contributed by atoms with van der Waals surface area (Å²) < 4.78 is 11.3. The summed E-state index contributed by atoms with van der Waals surface area (Å²) in [5.41, 5.74) is 1.83. The summed E-state index contributed by atoms with van der Waals surface area (Å²) >= 11 is 0. The van der Waals surface area contributed by atoms with Gasteiger partial charge in [0, 0.05) is 30.6 Å². The summed E-state index contributed by atoms with van der Waals surface area (Å²) in [6, 6.07) is 9.74. The second-order valence-corrected chi connectivity index (χ2v) is 6.55. The standard InChI is InChI=1S/C19H26N4O2/c1-13(2)25-16-8-6-15(7-9-16)22-19-21-14(3)11-18(23-19)20-12-17-5-4-10-24-17/h6-9,11,13,17H,4-5,10,12H2,1-3H3,(H2,20,21,22,23). The molecule has 25 heavy (non-hydrogen) atoms. The van der Waals surface area contributed by atoms with E-state index in [-0.39, 0.29) is 12.2 Å². The van der Waals surface area contributed by atoms with Gasteiger partial charge in [0.2, 0.25) is 5.95 Å². The fourth-order valence-corrected chi connectivity index (χ4v) is 2.76. The predicted octanol–water partition coefficient (Wildman–Crippen LogP) is 3.91. The first-order chi connectivity index (χ1) is 12.1. The fraction of sp³-hybridized carbons (Fsp3) is 0.474. The molecule has 0 amide bonds. The van der Waals surface area contributed by atoms with Gasteiger partial charge < -0.3 is 20.1 Å². The lowest BCUT2D eigenvalue weighted by Gasteiger charge is -2.13. The number of benzene rings is 1. The minimum atomic E-state index is 0.163. The fourth-order valence-electron chi connectivity index (χ4n) is 2.76. The molecule has 1 aliphatic heterocycles. The van der Waals surface area contributed by atoms with E-state index in [0.717, 1.165) is 48.9 Å². The van der Waals surface area contributed by atoms with Gasteiger partial charge in [0.15, 0.2) is 0 Å². The molecule has 6 nitrogen and oxygen atoms in total. The molecule has 3 rings (SSSR count). The summed E-state index contributed by atoms with van der Waals surface area (Å²) in [4.78, 5) is 9.00. The third kappa shape index (κ3) is 5.32. The Kier molecular flexibility index (Phi) is 5.71. The van der Waals surface area contributed by atoms with Gasteiger partial charge in [-0.15, -0.1) is 0 Å². The summed E-state index contributed by atoms with van der Waals surface area (Å²) in [6.07, 6.45) is 2.68. The first kappa shape index (κ1) is 17.5. The molecular formula is C19H26N4O2. The molecular weight excluding hydrogens is 316 g/mol. The summed E-state index contributed by atoms with van der Waals surface area (Å²) in [7, 11) is 0. The average molecular weight is 342 g/mol. The Morgan fingerprint density at radius 3 is 2.72 bits per heavy atom. The van der Waals surface area contributed by atoms with Crippen molar-refractivity contribution in [2.45, 2.75) is 45.8 Å². The van der Waals surface area contributed by atoms with Crippen LogP contribution in [0.15, 0.2) is 30.3 Å². The van der Waals surface area contributed by atoms with Crippen LogP contribution < -0.4 is 15.4 Å². The smallest absolute Gasteiger partial charge is 0.229 e. The third-order valence-electron chi connectivity index (χ3n) is 3.87. The van der Waals surface area contributed by atoms with Crippen LogP contribution in [-0.4, -0.2) is 35.3 Å². The van der Waals surface area contributed by atoms with Gasteiger partial charge in [0.05, 0.1) is 12.2 Å². The molecule has 1 aliphatic rings. The second kappa shape index (κ2) is 8.16. The van der Waals surface area contributed by atoms with Crippen molar-refractivity contribution in [2.75, 3.05) is 23.8 Å². The van der Waals surface area contributed by atoms with E-state index in [9.17, 15) is 0 Å². The molecule has 6 heteroatoms. The number of hydrogen-bond donors (Lipinski definition) is 2. The van der Waals surface area contributed by atoms with Gasteiger partial charge in [0.1, 0.15) is 11.6 Å². The summed E-state index contributed by atoms with van der Waals surface area (Å²) in [5, 5.41) is 6.59. The Balaban J connectivity index is 1.63. The highest BCUT2D eigenvalue weighted by molar-refractivity contribution is 5.56. The summed E-state index contributed by atoms with van der Waals surface area (Å²) in [6.45, 7) is 7.62. The minimum Gasteiger partial charge on any atom is -0.491 e. The Hall–Kier alpha value is -2.34. The first-order valence-electron chi connectivity index (χ1n) is 8.83. The Morgan fingerprint density at radius 2 is 2.04 bits per heavy atom. The van der Waals surface area contributed by atoms with Gasteiger partial charge in [-0.3, -0.25) is 0 Å².